The molecule has 2 nitrogen and oxygen atoms in total. The van der Waals surface area contributed by atoms with Crippen LogP contribution in [-0.4, -0.2) is 23.8 Å². The molecule has 1 N–H and O–H groups in total. The van der Waals surface area contributed by atoms with Crippen molar-refractivity contribution in [1.29, 1.82) is 0 Å². The van der Waals surface area contributed by atoms with Gasteiger partial charge in [0.2, 0.25) is 0 Å². The average molecular weight is 263 g/mol. The van der Waals surface area contributed by atoms with Crippen LogP contribution in [0, 0.1) is 17.8 Å². The Labute approximate surface area is 117 Å². The predicted octanol–water partition coefficient (Wildman–Crippen LogP) is 3.50. The van der Waals surface area contributed by atoms with E-state index < -0.39 is 0 Å². The summed E-state index contributed by atoms with van der Waals surface area (Å²) in [5.74, 6) is 3.00. The normalized spacial score (nSPS) is 51.5. The molecule has 4 saturated carbocycles. The van der Waals surface area contributed by atoms with E-state index >= 15 is 0 Å². The first-order valence-corrected chi connectivity index (χ1v) is 8.45. The Morgan fingerprint density at radius 2 is 1.47 bits per heavy atom. The van der Waals surface area contributed by atoms with Crippen molar-refractivity contribution in [2.45, 2.75) is 82.5 Å². The van der Waals surface area contributed by atoms with Gasteiger partial charge in [0.05, 0.1) is 11.7 Å². The Balaban J connectivity index is 1.47. The molecule has 0 aromatic rings. The number of hydrogen-bond acceptors (Lipinski definition) is 2. The van der Waals surface area contributed by atoms with Crippen molar-refractivity contribution in [1.82, 2.24) is 5.32 Å². The molecule has 5 rings (SSSR count). The van der Waals surface area contributed by atoms with E-state index in [9.17, 15) is 0 Å². The van der Waals surface area contributed by atoms with E-state index in [2.05, 4.69) is 19.2 Å². The van der Waals surface area contributed by atoms with Crippen LogP contribution in [0.2, 0.25) is 0 Å². The average Bonchev–Trinajstić information content (AvgIpc) is 2.24. The summed E-state index contributed by atoms with van der Waals surface area (Å²) in [5, 5.41) is 3.62. The van der Waals surface area contributed by atoms with E-state index in [0.717, 1.165) is 24.3 Å². The smallest absolute Gasteiger partial charge is 0.0694 e. The monoisotopic (exact) mass is 263 g/mol. The minimum atomic E-state index is 0.269. The summed E-state index contributed by atoms with van der Waals surface area (Å²) in [6.07, 6.45) is 11.6. The van der Waals surface area contributed by atoms with Crippen LogP contribution in [0.15, 0.2) is 0 Å². The van der Waals surface area contributed by atoms with Gasteiger partial charge in [-0.25, -0.2) is 0 Å². The van der Waals surface area contributed by atoms with E-state index in [1.165, 1.54) is 51.4 Å². The lowest BCUT2D eigenvalue weighted by Gasteiger charge is -2.57. The third-order valence-electron chi connectivity index (χ3n) is 6.21. The number of ether oxygens (including phenoxy) is 1. The van der Waals surface area contributed by atoms with Gasteiger partial charge in [-0.2, -0.15) is 0 Å². The van der Waals surface area contributed by atoms with E-state index in [1.54, 1.807) is 0 Å². The molecule has 5 aliphatic rings. The van der Waals surface area contributed by atoms with Crippen molar-refractivity contribution in [2.24, 2.45) is 17.8 Å². The summed E-state index contributed by atoms with van der Waals surface area (Å²) >= 11 is 0. The van der Waals surface area contributed by atoms with Gasteiger partial charge in [-0.1, -0.05) is 0 Å². The summed E-state index contributed by atoms with van der Waals surface area (Å²) in [6.45, 7) is 5.77. The summed E-state index contributed by atoms with van der Waals surface area (Å²) < 4.78 is 6.79. The molecule has 0 aromatic heterocycles. The van der Waals surface area contributed by atoms with Gasteiger partial charge in [0, 0.05) is 5.54 Å². The van der Waals surface area contributed by atoms with Crippen molar-refractivity contribution in [3.8, 4) is 0 Å². The molecular formula is C17H29NO. The van der Waals surface area contributed by atoms with Crippen LogP contribution in [-0.2, 0) is 4.74 Å². The molecule has 5 fully saturated rings. The molecule has 0 spiro atoms. The number of piperidine rings is 1. The lowest BCUT2D eigenvalue weighted by Crippen LogP contribution is -2.56. The summed E-state index contributed by atoms with van der Waals surface area (Å²) in [6, 6.07) is 0. The first kappa shape index (κ1) is 12.6. The first-order chi connectivity index (χ1) is 9.02. The van der Waals surface area contributed by atoms with E-state index in [0.29, 0.717) is 11.7 Å². The highest BCUT2D eigenvalue weighted by Crippen LogP contribution is 2.57. The maximum atomic E-state index is 6.79. The SMILES string of the molecule is CC1(C)CC(OC23CC4CC(CC(C4)C2)C3)CCN1. The Morgan fingerprint density at radius 1 is 0.895 bits per heavy atom. The van der Waals surface area contributed by atoms with Crippen molar-refractivity contribution in [3.05, 3.63) is 0 Å². The van der Waals surface area contributed by atoms with Gasteiger partial charge in [0.1, 0.15) is 0 Å². The third-order valence-corrected chi connectivity index (χ3v) is 6.21. The minimum absolute atomic E-state index is 0.269. The van der Waals surface area contributed by atoms with E-state index in [-0.39, 0.29) is 5.54 Å². The molecule has 1 unspecified atom stereocenters. The molecular weight excluding hydrogens is 234 g/mol. The fourth-order valence-corrected chi connectivity index (χ4v) is 5.94. The standard InChI is InChI=1S/C17H29NO/c1-16(2)11-15(3-4-18-16)19-17-8-12-5-13(9-17)7-14(6-12)10-17/h12-15,18H,3-11H2,1-2H3. The van der Waals surface area contributed by atoms with Crippen LogP contribution in [0.4, 0.5) is 0 Å². The second kappa shape index (κ2) is 4.21. The van der Waals surface area contributed by atoms with Gasteiger partial charge in [-0.05, 0) is 89.5 Å². The Kier molecular flexibility index (Phi) is 2.80. The molecule has 1 saturated heterocycles. The zero-order chi connectivity index (χ0) is 13.1. The zero-order valence-electron chi connectivity index (χ0n) is 12.6. The minimum Gasteiger partial charge on any atom is -0.372 e. The molecule has 19 heavy (non-hydrogen) atoms. The molecule has 1 aliphatic heterocycles. The summed E-state index contributed by atoms with van der Waals surface area (Å²) in [7, 11) is 0. The zero-order valence-corrected chi connectivity index (χ0v) is 12.6. The number of hydrogen-bond donors (Lipinski definition) is 1. The maximum Gasteiger partial charge on any atom is 0.0694 e. The van der Waals surface area contributed by atoms with Crippen LogP contribution in [0.3, 0.4) is 0 Å². The molecule has 0 radical (unpaired) electrons. The van der Waals surface area contributed by atoms with Gasteiger partial charge in [-0.3, -0.25) is 0 Å². The fourth-order valence-electron chi connectivity index (χ4n) is 5.94. The second-order valence-electron chi connectivity index (χ2n) is 8.64. The summed E-state index contributed by atoms with van der Waals surface area (Å²) in [5.41, 5.74) is 0.568. The van der Waals surface area contributed by atoms with Crippen molar-refractivity contribution < 1.29 is 4.74 Å². The quantitative estimate of drug-likeness (QED) is 0.823. The fraction of sp³-hybridized carbons (Fsp3) is 1.00. The highest BCUT2D eigenvalue weighted by atomic mass is 16.5. The van der Waals surface area contributed by atoms with Crippen LogP contribution in [0.1, 0.15) is 65.2 Å². The lowest BCUT2D eigenvalue weighted by molar-refractivity contribution is -0.196. The molecule has 0 aromatic carbocycles. The molecule has 4 bridgehead atoms. The van der Waals surface area contributed by atoms with Crippen molar-refractivity contribution in [3.63, 3.8) is 0 Å². The van der Waals surface area contributed by atoms with Crippen LogP contribution < -0.4 is 5.32 Å². The second-order valence-corrected chi connectivity index (χ2v) is 8.64. The van der Waals surface area contributed by atoms with Gasteiger partial charge < -0.3 is 10.1 Å². The largest absolute Gasteiger partial charge is 0.372 e. The first-order valence-electron chi connectivity index (χ1n) is 8.45. The molecule has 4 aliphatic carbocycles. The van der Waals surface area contributed by atoms with Crippen molar-refractivity contribution >= 4 is 0 Å². The van der Waals surface area contributed by atoms with Gasteiger partial charge in [0.25, 0.3) is 0 Å². The highest BCUT2D eigenvalue weighted by Gasteiger charge is 2.52. The predicted molar refractivity (Wildman–Crippen MR) is 77.1 cm³/mol. The Morgan fingerprint density at radius 3 is 2.00 bits per heavy atom. The van der Waals surface area contributed by atoms with Gasteiger partial charge in [0.15, 0.2) is 0 Å². The lowest BCUT2D eigenvalue weighted by atomic mass is 9.54. The highest BCUT2D eigenvalue weighted by molar-refractivity contribution is 5.04. The van der Waals surface area contributed by atoms with E-state index in [4.69, 9.17) is 4.74 Å². The Bertz CT molecular complexity index is 327. The van der Waals surface area contributed by atoms with Crippen LogP contribution in [0.25, 0.3) is 0 Å². The van der Waals surface area contributed by atoms with Gasteiger partial charge in [-0.15, -0.1) is 0 Å². The molecule has 108 valence electrons. The molecule has 1 heterocycles. The maximum absolute atomic E-state index is 6.79. The Hall–Kier alpha value is -0.0800. The van der Waals surface area contributed by atoms with Crippen LogP contribution in [0.5, 0.6) is 0 Å². The molecule has 2 heteroatoms. The topological polar surface area (TPSA) is 21.3 Å². The van der Waals surface area contributed by atoms with Crippen molar-refractivity contribution in [2.75, 3.05) is 6.54 Å². The van der Waals surface area contributed by atoms with Crippen LogP contribution >= 0.6 is 0 Å². The third kappa shape index (κ3) is 2.35. The van der Waals surface area contributed by atoms with Gasteiger partial charge >= 0.3 is 0 Å². The summed E-state index contributed by atoms with van der Waals surface area (Å²) in [4.78, 5) is 0. The molecule has 1 atom stereocenters. The van der Waals surface area contributed by atoms with E-state index in [1.807, 2.05) is 0 Å². The number of rotatable bonds is 2. The molecule has 0 amide bonds. The number of nitrogens with one attached hydrogen (secondary N) is 1.